The van der Waals surface area contributed by atoms with Crippen LogP contribution in [0.4, 0.5) is 11.4 Å². The quantitative estimate of drug-likeness (QED) is 0.444. The van der Waals surface area contributed by atoms with Crippen molar-refractivity contribution in [3.8, 4) is 0 Å². The second-order valence-electron chi connectivity index (χ2n) is 6.17. The third-order valence-corrected chi connectivity index (χ3v) is 6.07. The highest BCUT2D eigenvalue weighted by Gasteiger charge is 2.40. The molecule has 0 atom stereocenters. The predicted molar refractivity (Wildman–Crippen MR) is 121 cm³/mol. The first kappa shape index (κ1) is 19.8. The molecule has 3 aromatic carbocycles. The van der Waals surface area contributed by atoms with Crippen LogP contribution in [0.3, 0.4) is 0 Å². The molecule has 2 amide bonds. The Morgan fingerprint density at radius 2 is 1.48 bits per heavy atom. The molecule has 3 aromatic rings. The third-order valence-electron chi connectivity index (χ3n) is 4.20. The number of benzene rings is 3. The van der Waals surface area contributed by atoms with E-state index in [1.807, 2.05) is 54.6 Å². The minimum absolute atomic E-state index is 0.251. The smallest absolute Gasteiger partial charge is 0.283 e. The van der Waals surface area contributed by atoms with Crippen molar-refractivity contribution in [1.82, 2.24) is 0 Å². The lowest BCUT2D eigenvalue weighted by Gasteiger charge is -2.15. The minimum atomic E-state index is -0.404. The molecule has 1 N–H and O–H groups in total. The zero-order chi connectivity index (χ0) is 20.4. The summed E-state index contributed by atoms with van der Waals surface area (Å²) in [5.41, 5.74) is 1.44. The van der Waals surface area contributed by atoms with E-state index in [2.05, 4.69) is 21.2 Å². The first-order chi connectivity index (χ1) is 14.0. The van der Waals surface area contributed by atoms with Crippen LogP contribution in [0.25, 0.3) is 0 Å². The van der Waals surface area contributed by atoms with E-state index in [4.69, 9.17) is 11.6 Å². The summed E-state index contributed by atoms with van der Waals surface area (Å²) in [6.07, 6.45) is 0. The number of amides is 2. The van der Waals surface area contributed by atoms with Crippen molar-refractivity contribution in [1.29, 1.82) is 0 Å². The lowest BCUT2D eigenvalue weighted by atomic mass is 10.3. The number of hydrogen-bond acceptors (Lipinski definition) is 4. The second-order valence-corrected chi connectivity index (χ2v) is 8.61. The number of thioether (sulfide) groups is 1. The van der Waals surface area contributed by atoms with Gasteiger partial charge in [0.1, 0.15) is 10.6 Å². The Bertz CT molecular complexity index is 1100. The number of halogens is 2. The molecular weight excluding hydrogens is 472 g/mol. The standard InChI is InChI=1S/C22H14BrClN2O2S/c23-14-6-10-16(11-7-14)25-19-20(29-18-4-2-1-3-5-18)22(28)26(21(19)27)17-12-8-15(24)9-13-17/h1-13,25H. The zero-order valence-corrected chi connectivity index (χ0v) is 18.1. The van der Waals surface area contributed by atoms with Gasteiger partial charge in [0.2, 0.25) is 0 Å². The van der Waals surface area contributed by atoms with E-state index in [-0.39, 0.29) is 11.6 Å². The summed E-state index contributed by atoms with van der Waals surface area (Å²) in [5.74, 6) is -0.774. The average molecular weight is 486 g/mol. The number of anilines is 2. The maximum atomic E-state index is 13.2. The van der Waals surface area contributed by atoms with Crippen molar-refractivity contribution < 1.29 is 9.59 Å². The normalized spacial score (nSPS) is 13.9. The number of hydrogen-bond donors (Lipinski definition) is 1. The fraction of sp³-hybridized carbons (Fsp3) is 0. The van der Waals surface area contributed by atoms with Gasteiger partial charge in [-0.05, 0) is 60.7 Å². The summed E-state index contributed by atoms with van der Waals surface area (Å²) in [5, 5.41) is 3.66. The molecule has 1 aliphatic rings. The van der Waals surface area contributed by atoms with Crippen LogP contribution in [-0.2, 0) is 9.59 Å². The molecule has 1 heterocycles. The van der Waals surface area contributed by atoms with Gasteiger partial charge < -0.3 is 5.32 Å². The SMILES string of the molecule is O=C1C(Nc2ccc(Br)cc2)=C(Sc2ccccc2)C(=O)N1c1ccc(Cl)cc1. The van der Waals surface area contributed by atoms with Crippen LogP contribution in [0.2, 0.25) is 5.02 Å². The van der Waals surface area contributed by atoms with Gasteiger partial charge in [-0.15, -0.1) is 0 Å². The molecule has 0 bridgehead atoms. The summed E-state index contributed by atoms with van der Waals surface area (Å²) >= 11 is 10.6. The number of nitrogens with zero attached hydrogens (tertiary/aromatic N) is 1. The second kappa shape index (κ2) is 8.45. The summed E-state index contributed by atoms with van der Waals surface area (Å²) in [6.45, 7) is 0. The van der Waals surface area contributed by atoms with Crippen molar-refractivity contribution in [2.24, 2.45) is 0 Å². The van der Waals surface area contributed by atoms with Crippen molar-refractivity contribution >= 4 is 62.5 Å². The van der Waals surface area contributed by atoms with Crippen molar-refractivity contribution in [3.63, 3.8) is 0 Å². The van der Waals surface area contributed by atoms with E-state index >= 15 is 0 Å². The van der Waals surface area contributed by atoms with Crippen LogP contribution >= 0.6 is 39.3 Å². The summed E-state index contributed by atoms with van der Waals surface area (Å²) in [7, 11) is 0. The largest absolute Gasteiger partial charge is 0.350 e. The van der Waals surface area contributed by atoms with E-state index in [1.165, 1.54) is 16.7 Å². The Labute approximate surface area is 185 Å². The molecule has 7 heteroatoms. The Morgan fingerprint density at radius 1 is 0.828 bits per heavy atom. The molecule has 0 aliphatic carbocycles. The molecule has 0 fully saturated rings. The van der Waals surface area contributed by atoms with Crippen LogP contribution in [0, 0.1) is 0 Å². The summed E-state index contributed by atoms with van der Waals surface area (Å²) in [4.78, 5) is 28.8. The van der Waals surface area contributed by atoms with Crippen LogP contribution in [0.1, 0.15) is 0 Å². The lowest BCUT2D eigenvalue weighted by molar-refractivity contribution is -0.120. The van der Waals surface area contributed by atoms with E-state index in [1.54, 1.807) is 24.3 Å². The van der Waals surface area contributed by atoms with Gasteiger partial charge in [0.25, 0.3) is 11.8 Å². The van der Waals surface area contributed by atoms with Gasteiger partial charge in [-0.1, -0.05) is 57.5 Å². The number of nitrogens with one attached hydrogen (secondary N) is 1. The molecule has 4 rings (SSSR count). The van der Waals surface area contributed by atoms with Crippen LogP contribution in [0.15, 0.2) is 98.8 Å². The Hall–Kier alpha value is -2.54. The molecule has 0 spiro atoms. The highest BCUT2D eigenvalue weighted by atomic mass is 79.9. The molecule has 4 nitrogen and oxygen atoms in total. The lowest BCUT2D eigenvalue weighted by Crippen LogP contribution is -2.32. The first-order valence-electron chi connectivity index (χ1n) is 8.67. The van der Waals surface area contributed by atoms with Gasteiger partial charge in [-0.2, -0.15) is 0 Å². The van der Waals surface area contributed by atoms with Crippen LogP contribution in [0.5, 0.6) is 0 Å². The zero-order valence-electron chi connectivity index (χ0n) is 14.9. The molecule has 0 aromatic heterocycles. The fourth-order valence-electron chi connectivity index (χ4n) is 2.82. The van der Waals surface area contributed by atoms with E-state index in [0.29, 0.717) is 21.3 Å². The van der Waals surface area contributed by atoms with E-state index < -0.39 is 5.91 Å². The highest BCUT2D eigenvalue weighted by Crippen LogP contribution is 2.38. The molecular formula is C22H14BrClN2O2S. The fourth-order valence-corrected chi connectivity index (χ4v) is 4.16. The molecule has 0 saturated heterocycles. The Balaban J connectivity index is 1.73. The molecule has 1 aliphatic heterocycles. The van der Waals surface area contributed by atoms with E-state index in [0.717, 1.165) is 9.37 Å². The number of carbonyl (C=O) groups excluding carboxylic acids is 2. The predicted octanol–water partition coefficient (Wildman–Crippen LogP) is 6.09. The van der Waals surface area contributed by atoms with Crippen LogP contribution < -0.4 is 10.2 Å². The molecule has 29 heavy (non-hydrogen) atoms. The van der Waals surface area contributed by atoms with Gasteiger partial charge in [0, 0.05) is 20.1 Å². The number of rotatable bonds is 5. The van der Waals surface area contributed by atoms with Crippen molar-refractivity contribution in [2.75, 3.05) is 10.2 Å². The Kier molecular flexibility index (Phi) is 5.76. The van der Waals surface area contributed by atoms with Crippen LogP contribution in [-0.4, -0.2) is 11.8 Å². The van der Waals surface area contributed by atoms with Gasteiger partial charge in [-0.3, -0.25) is 9.59 Å². The number of carbonyl (C=O) groups is 2. The minimum Gasteiger partial charge on any atom is -0.350 e. The van der Waals surface area contributed by atoms with Gasteiger partial charge in [-0.25, -0.2) is 4.90 Å². The molecule has 0 radical (unpaired) electrons. The highest BCUT2D eigenvalue weighted by molar-refractivity contribution is 9.10. The van der Waals surface area contributed by atoms with Crippen molar-refractivity contribution in [3.05, 3.63) is 99.0 Å². The summed E-state index contributed by atoms with van der Waals surface area (Å²) in [6, 6.07) is 23.5. The summed E-state index contributed by atoms with van der Waals surface area (Å²) < 4.78 is 0.924. The number of imide groups is 1. The van der Waals surface area contributed by atoms with Gasteiger partial charge in [0.15, 0.2) is 0 Å². The maximum absolute atomic E-state index is 13.2. The van der Waals surface area contributed by atoms with Gasteiger partial charge >= 0.3 is 0 Å². The average Bonchev–Trinajstić information content (AvgIpc) is 2.95. The molecule has 144 valence electrons. The monoisotopic (exact) mass is 484 g/mol. The van der Waals surface area contributed by atoms with Crippen molar-refractivity contribution in [2.45, 2.75) is 4.90 Å². The Morgan fingerprint density at radius 3 is 2.14 bits per heavy atom. The van der Waals surface area contributed by atoms with Gasteiger partial charge in [0.05, 0.1) is 5.69 Å². The maximum Gasteiger partial charge on any atom is 0.283 e. The molecule has 0 saturated carbocycles. The first-order valence-corrected chi connectivity index (χ1v) is 10.7. The topological polar surface area (TPSA) is 49.4 Å². The molecule has 0 unspecified atom stereocenters. The van der Waals surface area contributed by atoms with E-state index in [9.17, 15) is 9.59 Å². The third kappa shape index (κ3) is 4.24.